The first-order chi connectivity index (χ1) is 15.0. The Kier molecular flexibility index (Phi) is 7.60. The number of esters is 1. The Labute approximate surface area is 183 Å². The monoisotopic (exact) mass is 426 g/mol. The van der Waals surface area contributed by atoms with Gasteiger partial charge in [0.2, 0.25) is 11.8 Å². The van der Waals surface area contributed by atoms with Crippen LogP contribution in [0.5, 0.6) is 0 Å². The second kappa shape index (κ2) is 10.4. The summed E-state index contributed by atoms with van der Waals surface area (Å²) in [6.45, 7) is 2.38. The summed E-state index contributed by atoms with van der Waals surface area (Å²) < 4.78 is 4.68. The zero-order valence-electron chi connectivity index (χ0n) is 18.3. The van der Waals surface area contributed by atoms with Crippen LogP contribution in [0, 0.1) is 0 Å². The maximum atomic E-state index is 13.2. The standard InChI is InChI=1S/C24H30N2O5/c1-3-7-21(27)25(15-14-17-8-5-4-6-9-17)20-16-22(28)26(23(20)29)19-12-10-18(11-13-19)24(30)31-2/h8,10-13,20H,3-7,9,14-16H2,1-2H3. The van der Waals surface area contributed by atoms with E-state index in [4.69, 9.17) is 0 Å². The van der Waals surface area contributed by atoms with Crippen LogP contribution in [0.2, 0.25) is 0 Å². The topological polar surface area (TPSA) is 84.0 Å². The first-order valence-electron chi connectivity index (χ1n) is 11.0. The van der Waals surface area contributed by atoms with Gasteiger partial charge in [-0.2, -0.15) is 0 Å². The van der Waals surface area contributed by atoms with Crippen LogP contribution in [0.3, 0.4) is 0 Å². The molecule has 7 nitrogen and oxygen atoms in total. The zero-order valence-corrected chi connectivity index (χ0v) is 18.3. The molecule has 1 aliphatic heterocycles. The first kappa shape index (κ1) is 22.7. The Balaban J connectivity index is 1.77. The van der Waals surface area contributed by atoms with Gasteiger partial charge >= 0.3 is 5.97 Å². The highest BCUT2D eigenvalue weighted by Crippen LogP contribution is 2.28. The molecule has 1 fully saturated rings. The smallest absolute Gasteiger partial charge is 0.337 e. The number of nitrogens with zero attached hydrogens (tertiary/aromatic N) is 2. The summed E-state index contributed by atoms with van der Waals surface area (Å²) >= 11 is 0. The van der Waals surface area contributed by atoms with Crippen molar-refractivity contribution < 1.29 is 23.9 Å². The fraction of sp³-hybridized carbons (Fsp3) is 0.500. The minimum Gasteiger partial charge on any atom is -0.465 e. The molecule has 0 bridgehead atoms. The lowest BCUT2D eigenvalue weighted by atomic mass is 9.97. The highest BCUT2D eigenvalue weighted by atomic mass is 16.5. The van der Waals surface area contributed by atoms with Gasteiger partial charge in [0.1, 0.15) is 6.04 Å². The van der Waals surface area contributed by atoms with Gasteiger partial charge < -0.3 is 9.64 Å². The number of anilines is 1. The molecule has 2 aliphatic rings. The number of imide groups is 1. The first-order valence-corrected chi connectivity index (χ1v) is 11.0. The van der Waals surface area contributed by atoms with Gasteiger partial charge in [0, 0.05) is 13.0 Å². The molecule has 1 unspecified atom stereocenters. The molecule has 31 heavy (non-hydrogen) atoms. The number of carbonyl (C=O) groups excluding carboxylic acids is 4. The van der Waals surface area contributed by atoms with Gasteiger partial charge in [-0.25, -0.2) is 9.69 Å². The van der Waals surface area contributed by atoms with Gasteiger partial charge in [0.25, 0.3) is 5.91 Å². The molecule has 0 aromatic heterocycles. The lowest BCUT2D eigenvalue weighted by molar-refractivity contribution is -0.138. The number of hydrogen-bond donors (Lipinski definition) is 0. The number of hydrogen-bond acceptors (Lipinski definition) is 5. The number of benzene rings is 1. The molecule has 0 spiro atoms. The Morgan fingerprint density at radius 1 is 1.16 bits per heavy atom. The lowest BCUT2D eigenvalue weighted by Gasteiger charge is -2.28. The number of methoxy groups -OCH3 is 1. The van der Waals surface area contributed by atoms with Gasteiger partial charge in [0.15, 0.2) is 0 Å². The molecule has 1 atom stereocenters. The van der Waals surface area contributed by atoms with Crippen molar-refractivity contribution >= 4 is 29.4 Å². The largest absolute Gasteiger partial charge is 0.465 e. The summed E-state index contributed by atoms with van der Waals surface area (Å²) in [5.74, 6) is -1.31. The minimum atomic E-state index is -0.781. The molecule has 1 saturated heterocycles. The minimum absolute atomic E-state index is 0.0217. The number of rotatable bonds is 8. The summed E-state index contributed by atoms with van der Waals surface area (Å²) in [6.07, 6.45) is 8.44. The lowest BCUT2D eigenvalue weighted by Crippen LogP contribution is -2.46. The molecule has 3 rings (SSSR count). The average Bonchev–Trinajstić information content (AvgIpc) is 3.08. The van der Waals surface area contributed by atoms with Crippen molar-refractivity contribution in [3.63, 3.8) is 0 Å². The normalized spacial score (nSPS) is 18.7. The third-order valence-corrected chi connectivity index (χ3v) is 5.89. The van der Waals surface area contributed by atoms with Crippen LogP contribution >= 0.6 is 0 Å². The molecule has 0 N–H and O–H groups in total. The fourth-order valence-electron chi connectivity index (χ4n) is 4.20. The maximum Gasteiger partial charge on any atom is 0.337 e. The van der Waals surface area contributed by atoms with E-state index in [9.17, 15) is 19.2 Å². The van der Waals surface area contributed by atoms with Crippen LogP contribution in [0.15, 0.2) is 35.9 Å². The highest BCUT2D eigenvalue weighted by Gasteiger charge is 2.44. The van der Waals surface area contributed by atoms with E-state index in [1.165, 1.54) is 31.2 Å². The van der Waals surface area contributed by atoms with Crippen molar-refractivity contribution in [2.24, 2.45) is 0 Å². The molecule has 7 heteroatoms. The molecular formula is C24H30N2O5. The number of ether oxygens (including phenoxy) is 1. The molecule has 1 aromatic carbocycles. The third-order valence-electron chi connectivity index (χ3n) is 5.89. The quantitative estimate of drug-likeness (QED) is 0.360. The van der Waals surface area contributed by atoms with Crippen molar-refractivity contribution in [3.05, 3.63) is 41.5 Å². The van der Waals surface area contributed by atoms with Crippen molar-refractivity contribution in [3.8, 4) is 0 Å². The van der Waals surface area contributed by atoms with E-state index in [1.54, 1.807) is 17.0 Å². The highest BCUT2D eigenvalue weighted by molar-refractivity contribution is 6.23. The van der Waals surface area contributed by atoms with Crippen LogP contribution in [-0.2, 0) is 19.1 Å². The van der Waals surface area contributed by atoms with E-state index in [-0.39, 0.29) is 18.2 Å². The summed E-state index contributed by atoms with van der Waals surface area (Å²) in [6, 6.07) is 5.36. The van der Waals surface area contributed by atoms with Gasteiger partial charge in [0.05, 0.1) is 24.8 Å². The van der Waals surface area contributed by atoms with Gasteiger partial charge in [-0.05, 0) is 62.8 Å². The third kappa shape index (κ3) is 5.21. The van der Waals surface area contributed by atoms with Crippen molar-refractivity contribution in [1.29, 1.82) is 0 Å². The maximum absolute atomic E-state index is 13.2. The Morgan fingerprint density at radius 3 is 2.52 bits per heavy atom. The molecule has 1 heterocycles. The van der Waals surface area contributed by atoms with Crippen LogP contribution in [0.25, 0.3) is 0 Å². The number of allylic oxidation sites excluding steroid dienone is 1. The Morgan fingerprint density at radius 2 is 1.90 bits per heavy atom. The molecule has 1 aromatic rings. The summed E-state index contributed by atoms with van der Waals surface area (Å²) in [4.78, 5) is 53.1. The van der Waals surface area contributed by atoms with Crippen molar-refractivity contribution in [2.75, 3.05) is 18.6 Å². The van der Waals surface area contributed by atoms with Crippen LogP contribution in [0.4, 0.5) is 5.69 Å². The molecular weight excluding hydrogens is 396 g/mol. The van der Waals surface area contributed by atoms with E-state index >= 15 is 0 Å². The second-order valence-corrected chi connectivity index (χ2v) is 8.02. The summed E-state index contributed by atoms with van der Waals surface area (Å²) in [7, 11) is 1.29. The Bertz CT molecular complexity index is 874. The van der Waals surface area contributed by atoms with Crippen LogP contribution < -0.4 is 4.90 Å². The fourth-order valence-corrected chi connectivity index (χ4v) is 4.20. The van der Waals surface area contributed by atoms with Gasteiger partial charge in [-0.3, -0.25) is 14.4 Å². The average molecular weight is 427 g/mol. The van der Waals surface area contributed by atoms with E-state index in [1.807, 2.05) is 6.92 Å². The van der Waals surface area contributed by atoms with E-state index in [2.05, 4.69) is 10.8 Å². The van der Waals surface area contributed by atoms with Gasteiger partial charge in [-0.1, -0.05) is 18.6 Å². The number of carbonyl (C=O) groups is 4. The second-order valence-electron chi connectivity index (χ2n) is 8.02. The molecule has 3 amide bonds. The summed E-state index contributed by atoms with van der Waals surface area (Å²) in [5, 5.41) is 0. The van der Waals surface area contributed by atoms with E-state index in [0.717, 1.165) is 30.6 Å². The summed E-state index contributed by atoms with van der Waals surface area (Å²) in [5.41, 5.74) is 2.05. The molecule has 0 radical (unpaired) electrons. The van der Waals surface area contributed by atoms with Crippen molar-refractivity contribution in [1.82, 2.24) is 4.90 Å². The van der Waals surface area contributed by atoms with Crippen LogP contribution in [0.1, 0.15) is 68.6 Å². The van der Waals surface area contributed by atoms with Gasteiger partial charge in [-0.15, -0.1) is 0 Å². The SMILES string of the molecule is CCCC(=O)N(CCC1=CCCCC1)C1CC(=O)N(c2ccc(C(=O)OC)cc2)C1=O. The predicted octanol–water partition coefficient (Wildman–Crippen LogP) is 3.62. The molecule has 1 aliphatic carbocycles. The Hall–Kier alpha value is -2.96. The van der Waals surface area contributed by atoms with Crippen molar-refractivity contribution in [2.45, 2.75) is 64.3 Å². The zero-order chi connectivity index (χ0) is 22.4. The predicted molar refractivity (Wildman–Crippen MR) is 116 cm³/mol. The molecule has 0 saturated carbocycles. The number of amides is 3. The van der Waals surface area contributed by atoms with E-state index < -0.39 is 17.9 Å². The van der Waals surface area contributed by atoms with Crippen LogP contribution in [-0.4, -0.2) is 48.3 Å². The van der Waals surface area contributed by atoms with E-state index in [0.29, 0.717) is 30.6 Å². The molecule has 166 valence electrons.